The van der Waals surface area contributed by atoms with E-state index in [9.17, 15) is 18.0 Å². The van der Waals surface area contributed by atoms with Gasteiger partial charge >= 0.3 is 5.97 Å². The fourth-order valence-corrected chi connectivity index (χ4v) is 4.08. The van der Waals surface area contributed by atoms with Crippen LogP contribution in [0.4, 0.5) is 5.69 Å². The fraction of sp³-hybridized carbons (Fsp3) is 0.263. The summed E-state index contributed by atoms with van der Waals surface area (Å²) in [6.07, 6.45) is 1.20. The number of hydrogen-bond acceptors (Lipinski definition) is 5. The Hall–Kier alpha value is -2.91. The molecule has 1 amide bonds. The molecule has 2 aromatic carbocycles. The molecule has 0 fully saturated rings. The van der Waals surface area contributed by atoms with Crippen molar-refractivity contribution in [1.29, 1.82) is 0 Å². The summed E-state index contributed by atoms with van der Waals surface area (Å²) in [7, 11) is -3.60. The maximum Gasteiger partial charge on any atom is 0.341 e. The van der Waals surface area contributed by atoms with E-state index >= 15 is 0 Å². The average Bonchev–Trinajstić information content (AvgIpc) is 2.67. The molecule has 1 aliphatic rings. The number of hydrogen-bond donors (Lipinski definition) is 3. The first-order chi connectivity index (χ1) is 13.4. The predicted molar refractivity (Wildman–Crippen MR) is 102 cm³/mol. The van der Waals surface area contributed by atoms with Crippen LogP contribution in [-0.4, -0.2) is 38.6 Å². The fourth-order valence-electron chi connectivity index (χ4n) is 3.03. The van der Waals surface area contributed by atoms with Crippen LogP contribution in [-0.2, 0) is 32.5 Å². The largest absolute Gasteiger partial charge is 0.480 e. The molecule has 0 spiro atoms. The first-order valence-electron chi connectivity index (χ1n) is 8.71. The third kappa shape index (κ3) is 4.68. The van der Waals surface area contributed by atoms with Crippen molar-refractivity contribution in [2.75, 3.05) is 18.5 Å². The van der Waals surface area contributed by atoms with Crippen molar-refractivity contribution in [3.63, 3.8) is 0 Å². The molecule has 0 aliphatic carbocycles. The lowest BCUT2D eigenvalue weighted by atomic mass is 9.95. The second-order valence-electron chi connectivity index (χ2n) is 6.27. The molecule has 28 heavy (non-hydrogen) atoms. The van der Waals surface area contributed by atoms with Crippen LogP contribution in [0.3, 0.4) is 0 Å². The third-order valence-electron chi connectivity index (χ3n) is 4.33. The number of anilines is 1. The van der Waals surface area contributed by atoms with Gasteiger partial charge in [0, 0.05) is 13.0 Å². The number of carboxylic acid groups (broad SMARTS) is 1. The minimum absolute atomic E-state index is 0.172. The van der Waals surface area contributed by atoms with E-state index in [1.165, 1.54) is 12.1 Å². The molecule has 0 aromatic heterocycles. The Kier molecular flexibility index (Phi) is 5.96. The number of benzene rings is 2. The standard InChI is InChI=1S/C19H20N2O6S/c22-17-9-7-15-13(6-8-16(19(15)21-17)27-12-18(23)24)10-11-20-28(25,26)14-4-2-1-3-5-14/h1-6,8,20H,7,9-12H2,(H,21,22)(H,23,24). The van der Waals surface area contributed by atoms with Crippen LogP contribution in [0, 0.1) is 0 Å². The summed E-state index contributed by atoms with van der Waals surface area (Å²) in [5, 5.41) is 11.5. The van der Waals surface area contributed by atoms with Crippen molar-refractivity contribution < 1.29 is 27.9 Å². The van der Waals surface area contributed by atoms with Gasteiger partial charge in [-0.05, 0) is 42.2 Å². The van der Waals surface area contributed by atoms with Crippen molar-refractivity contribution in [3.05, 3.63) is 53.6 Å². The van der Waals surface area contributed by atoms with Gasteiger partial charge in [0.2, 0.25) is 15.9 Å². The summed E-state index contributed by atoms with van der Waals surface area (Å²) in [5.41, 5.74) is 2.16. The lowest BCUT2D eigenvalue weighted by molar-refractivity contribution is -0.139. The molecule has 0 atom stereocenters. The molecule has 2 aromatic rings. The maximum atomic E-state index is 12.3. The molecule has 0 saturated heterocycles. The summed E-state index contributed by atoms with van der Waals surface area (Å²) >= 11 is 0. The molecule has 0 unspecified atom stereocenters. The van der Waals surface area contributed by atoms with Crippen LogP contribution in [0.1, 0.15) is 17.5 Å². The zero-order valence-electron chi connectivity index (χ0n) is 15.0. The van der Waals surface area contributed by atoms with Gasteiger partial charge in [0.05, 0.1) is 10.6 Å². The number of rotatable bonds is 8. The highest BCUT2D eigenvalue weighted by molar-refractivity contribution is 7.89. The maximum absolute atomic E-state index is 12.3. The number of sulfonamides is 1. The zero-order valence-corrected chi connectivity index (χ0v) is 15.8. The quantitative estimate of drug-likeness (QED) is 0.614. The number of amides is 1. The van der Waals surface area contributed by atoms with Gasteiger partial charge in [-0.25, -0.2) is 17.9 Å². The third-order valence-corrected chi connectivity index (χ3v) is 5.81. The van der Waals surface area contributed by atoms with Crippen LogP contribution < -0.4 is 14.8 Å². The molecule has 1 heterocycles. The van der Waals surface area contributed by atoms with Gasteiger partial charge in [-0.2, -0.15) is 0 Å². The lowest BCUT2D eigenvalue weighted by Gasteiger charge is -2.23. The monoisotopic (exact) mass is 404 g/mol. The van der Waals surface area contributed by atoms with Crippen molar-refractivity contribution in [1.82, 2.24) is 4.72 Å². The zero-order chi connectivity index (χ0) is 20.1. The van der Waals surface area contributed by atoms with Crippen LogP contribution in [0.5, 0.6) is 5.75 Å². The van der Waals surface area contributed by atoms with Gasteiger partial charge in [-0.1, -0.05) is 24.3 Å². The summed E-state index contributed by atoms with van der Waals surface area (Å²) in [6.45, 7) is -0.328. The number of aliphatic carboxylic acids is 1. The van der Waals surface area contributed by atoms with Crippen LogP contribution in [0.2, 0.25) is 0 Å². The smallest absolute Gasteiger partial charge is 0.341 e. The average molecular weight is 404 g/mol. The molecular weight excluding hydrogens is 384 g/mol. The number of ether oxygens (including phenoxy) is 1. The van der Waals surface area contributed by atoms with E-state index in [-0.39, 0.29) is 17.3 Å². The Morgan fingerprint density at radius 3 is 2.61 bits per heavy atom. The molecule has 0 bridgehead atoms. The first-order valence-corrected chi connectivity index (χ1v) is 10.2. The van der Waals surface area contributed by atoms with Gasteiger partial charge in [0.15, 0.2) is 6.61 Å². The second-order valence-corrected chi connectivity index (χ2v) is 8.03. The van der Waals surface area contributed by atoms with E-state index < -0.39 is 22.6 Å². The summed E-state index contributed by atoms with van der Waals surface area (Å²) < 4.78 is 32.5. The van der Waals surface area contributed by atoms with E-state index in [2.05, 4.69) is 10.0 Å². The molecule has 148 valence electrons. The normalized spacial score (nSPS) is 13.5. The first kappa shape index (κ1) is 19.8. The van der Waals surface area contributed by atoms with Gasteiger partial charge in [-0.15, -0.1) is 0 Å². The molecule has 8 nitrogen and oxygen atoms in total. The van der Waals surface area contributed by atoms with E-state index in [0.717, 1.165) is 11.1 Å². The minimum Gasteiger partial charge on any atom is -0.480 e. The van der Waals surface area contributed by atoms with E-state index in [1.807, 2.05) is 0 Å². The Morgan fingerprint density at radius 2 is 1.89 bits per heavy atom. The molecule has 1 aliphatic heterocycles. The van der Waals surface area contributed by atoms with Crippen LogP contribution in [0.25, 0.3) is 0 Å². The van der Waals surface area contributed by atoms with Crippen molar-refractivity contribution in [3.8, 4) is 5.75 Å². The van der Waals surface area contributed by atoms with Gasteiger partial charge in [0.1, 0.15) is 5.75 Å². The van der Waals surface area contributed by atoms with E-state index in [4.69, 9.17) is 9.84 Å². The molecule has 3 rings (SSSR count). The Balaban J connectivity index is 1.75. The highest BCUT2D eigenvalue weighted by Gasteiger charge is 2.22. The molecule has 0 saturated carbocycles. The number of carbonyl (C=O) groups excluding carboxylic acids is 1. The van der Waals surface area contributed by atoms with Crippen LogP contribution >= 0.6 is 0 Å². The number of nitrogens with one attached hydrogen (secondary N) is 2. The van der Waals surface area contributed by atoms with E-state index in [1.54, 1.807) is 30.3 Å². The highest BCUT2D eigenvalue weighted by atomic mass is 32.2. The SMILES string of the molecule is O=C(O)COc1ccc(CCNS(=O)(=O)c2ccccc2)c2c1NC(=O)CC2. The highest BCUT2D eigenvalue weighted by Crippen LogP contribution is 2.35. The Bertz CT molecular complexity index is 989. The van der Waals surface area contributed by atoms with Gasteiger partial charge < -0.3 is 15.2 Å². The number of carboxylic acids is 1. The van der Waals surface area contributed by atoms with Crippen molar-refractivity contribution in [2.24, 2.45) is 0 Å². The van der Waals surface area contributed by atoms with E-state index in [0.29, 0.717) is 30.7 Å². The minimum atomic E-state index is -3.60. The lowest BCUT2D eigenvalue weighted by Crippen LogP contribution is -2.27. The topological polar surface area (TPSA) is 122 Å². The number of carbonyl (C=O) groups is 2. The molecular formula is C19H20N2O6S. The second kappa shape index (κ2) is 8.41. The number of fused-ring (bicyclic) bond motifs is 1. The van der Waals surface area contributed by atoms with Gasteiger partial charge in [-0.3, -0.25) is 4.79 Å². The van der Waals surface area contributed by atoms with Crippen molar-refractivity contribution >= 4 is 27.6 Å². The van der Waals surface area contributed by atoms with Gasteiger partial charge in [0.25, 0.3) is 0 Å². The molecule has 9 heteroatoms. The molecule has 0 radical (unpaired) electrons. The Morgan fingerprint density at radius 1 is 1.14 bits per heavy atom. The Labute approximate surface area is 162 Å². The molecule has 3 N–H and O–H groups in total. The summed E-state index contributed by atoms with van der Waals surface area (Å²) in [6, 6.07) is 11.5. The summed E-state index contributed by atoms with van der Waals surface area (Å²) in [4.78, 5) is 22.7. The van der Waals surface area contributed by atoms with Crippen LogP contribution in [0.15, 0.2) is 47.4 Å². The predicted octanol–water partition coefficient (Wildman–Crippen LogP) is 1.56. The van der Waals surface area contributed by atoms with Crippen molar-refractivity contribution in [2.45, 2.75) is 24.2 Å². The summed E-state index contributed by atoms with van der Waals surface area (Å²) in [5.74, 6) is -0.996.